The van der Waals surface area contributed by atoms with Crippen molar-refractivity contribution in [1.29, 1.82) is 0 Å². The monoisotopic (exact) mass is 308 g/mol. The molecule has 1 aromatic rings. The lowest BCUT2D eigenvalue weighted by Gasteiger charge is -2.38. The third kappa shape index (κ3) is 3.28. The lowest BCUT2D eigenvalue weighted by molar-refractivity contribution is 0.138. The van der Waals surface area contributed by atoms with Crippen LogP contribution in [0.4, 0.5) is 8.78 Å². The Labute approximate surface area is 132 Å². The molecule has 122 valence electrons. The van der Waals surface area contributed by atoms with Crippen LogP contribution in [0.3, 0.4) is 0 Å². The number of halogens is 2. The fourth-order valence-corrected chi connectivity index (χ4v) is 4.08. The third-order valence-corrected chi connectivity index (χ3v) is 5.64. The lowest BCUT2D eigenvalue weighted by atomic mass is 9.67. The van der Waals surface area contributed by atoms with E-state index >= 15 is 0 Å². The molecule has 22 heavy (non-hydrogen) atoms. The van der Waals surface area contributed by atoms with E-state index in [0.29, 0.717) is 24.5 Å². The van der Waals surface area contributed by atoms with Crippen molar-refractivity contribution >= 4 is 0 Å². The van der Waals surface area contributed by atoms with Crippen molar-refractivity contribution in [2.24, 2.45) is 17.8 Å². The Hall–Kier alpha value is -1.12. The van der Waals surface area contributed by atoms with Gasteiger partial charge in [0.1, 0.15) is 0 Å². The minimum atomic E-state index is -0.831. The molecule has 3 rings (SSSR count). The predicted octanol–water partition coefficient (Wildman–Crippen LogP) is 5.51. The maximum absolute atomic E-state index is 14.2. The Morgan fingerprint density at radius 2 is 1.64 bits per heavy atom. The zero-order valence-corrected chi connectivity index (χ0v) is 13.4. The summed E-state index contributed by atoms with van der Waals surface area (Å²) in [4.78, 5) is 0. The summed E-state index contributed by atoms with van der Waals surface area (Å²) in [7, 11) is 0. The first-order valence-electron chi connectivity index (χ1n) is 8.78. The van der Waals surface area contributed by atoms with Gasteiger partial charge in [0.15, 0.2) is 11.6 Å². The van der Waals surface area contributed by atoms with Crippen LogP contribution in [0.15, 0.2) is 12.1 Å². The Bertz CT molecular complexity index is 502. The Morgan fingerprint density at radius 3 is 2.23 bits per heavy atom. The second-order valence-electron chi connectivity index (χ2n) is 6.96. The second kappa shape index (κ2) is 6.97. The molecular weight excluding hydrogens is 282 g/mol. The van der Waals surface area contributed by atoms with Crippen LogP contribution >= 0.6 is 0 Å². The van der Waals surface area contributed by atoms with E-state index in [1.54, 1.807) is 19.1 Å². The molecule has 0 N–H and O–H groups in total. The quantitative estimate of drug-likeness (QED) is 0.696. The fraction of sp³-hybridized carbons (Fsp3) is 0.684. The van der Waals surface area contributed by atoms with E-state index in [2.05, 4.69) is 0 Å². The molecule has 2 aliphatic rings. The average molecular weight is 308 g/mol. The van der Waals surface area contributed by atoms with E-state index in [9.17, 15) is 8.78 Å². The van der Waals surface area contributed by atoms with Crippen molar-refractivity contribution in [3.63, 3.8) is 0 Å². The summed E-state index contributed by atoms with van der Waals surface area (Å²) >= 11 is 0. The molecule has 1 aromatic carbocycles. The van der Waals surface area contributed by atoms with Gasteiger partial charge in [-0.3, -0.25) is 0 Å². The molecule has 3 heteroatoms. The summed E-state index contributed by atoms with van der Waals surface area (Å²) in [6, 6.07) is 3.26. The van der Waals surface area contributed by atoms with Crippen LogP contribution < -0.4 is 4.74 Å². The van der Waals surface area contributed by atoms with E-state index in [1.807, 2.05) is 0 Å². The van der Waals surface area contributed by atoms with Gasteiger partial charge in [-0.15, -0.1) is 0 Å². The van der Waals surface area contributed by atoms with E-state index in [4.69, 9.17) is 4.74 Å². The fourth-order valence-electron chi connectivity index (χ4n) is 4.08. The molecule has 0 spiro atoms. The van der Waals surface area contributed by atoms with Crippen molar-refractivity contribution < 1.29 is 13.5 Å². The van der Waals surface area contributed by atoms with Gasteiger partial charge in [-0.1, -0.05) is 25.3 Å². The highest BCUT2D eigenvalue weighted by atomic mass is 19.2. The summed E-state index contributed by atoms with van der Waals surface area (Å²) in [5, 5.41) is 0. The molecule has 0 bridgehead atoms. The minimum absolute atomic E-state index is 0.0254. The zero-order chi connectivity index (χ0) is 15.5. The van der Waals surface area contributed by atoms with Gasteiger partial charge in [0.05, 0.1) is 6.61 Å². The molecule has 0 unspecified atom stereocenters. The third-order valence-electron chi connectivity index (χ3n) is 5.64. The Morgan fingerprint density at radius 1 is 0.955 bits per heavy atom. The summed E-state index contributed by atoms with van der Waals surface area (Å²) in [6.45, 7) is 2.12. The summed E-state index contributed by atoms with van der Waals surface area (Å²) in [6.07, 6.45) is 9.76. The number of hydrogen-bond acceptors (Lipinski definition) is 1. The van der Waals surface area contributed by atoms with Gasteiger partial charge in [-0.05, 0) is 68.4 Å². The van der Waals surface area contributed by atoms with Gasteiger partial charge in [0.2, 0.25) is 5.82 Å². The highest BCUT2D eigenvalue weighted by Gasteiger charge is 2.31. The van der Waals surface area contributed by atoms with Gasteiger partial charge in [-0.2, -0.15) is 4.39 Å². The van der Waals surface area contributed by atoms with Gasteiger partial charge in [0.25, 0.3) is 0 Å². The number of benzene rings is 1. The lowest BCUT2D eigenvalue weighted by Crippen LogP contribution is -2.27. The maximum atomic E-state index is 14.2. The van der Waals surface area contributed by atoms with Crippen LogP contribution in [0.5, 0.6) is 5.75 Å². The normalized spacial score (nSPS) is 25.8. The van der Waals surface area contributed by atoms with Crippen LogP contribution in [0.1, 0.15) is 57.4 Å². The summed E-state index contributed by atoms with van der Waals surface area (Å²) < 4.78 is 33.2. The molecule has 0 atom stereocenters. The molecule has 0 radical (unpaired) electrons. The van der Waals surface area contributed by atoms with E-state index in [0.717, 1.165) is 24.7 Å². The number of hydrogen-bond donors (Lipinski definition) is 0. The zero-order valence-electron chi connectivity index (χ0n) is 13.4. The maximum Gasteiger partial charge on any atom is 0.200 e. The van der Waals surface area contributed by atoms with Crippen LogP contribution in [-0.2, 0) is 6.42 Å². The molecule has 0 aliphatic heterocycles. The predicted molar refractivity (Wildman–Crippen MR) is 84.0 cm³/mol. The largest absolute Gasteiger partial charge is 0.491 e. The van der Waals surface area contributed by atoms with E-state index < -0.39 is 11.6 Å². The van der Waals surface area contributed by atoms with Crippen molar-refractivity contribution in [1.82, 2.24) is 0 Å². The number of rotatable bonds is 5. The molecule has 1 nitrogen and oxygen atoms in total. The smallest absolute Gasteiger partial charge is 0.200 e. The molecule has 0 saturated heterocycles. The SMILES string of the molecule is CCOc1ccc(CC2CCC(C3CCC3)CC2)c(F)c1F. The standard InChI is InChI=1S/C19H26F2O/c1-2-22-17-11-10-16(18(20)19(17)21)12-13-6-8-15(9-7-13)14-4-3-5-14/h10-11,13-15H,2-9,12H2,1H3. The summed E-state index contributed by atoms with van der Waals surface area (Å²) in [5.74, 6) is 0.836. The second-order valence-corrected chi connectivity index (χ2v) is 6.96. The highest BCUT2D eigenvalue weighted by molar-refractivity contribution is 5.31. The van der Waals surface area contributed by atoms with Crippen molar-refractivity contribution in [2.45, 2.75) is 58.3 Å². The summed E-state index contributed by atoms with van der Waals surface area (Å²) in [5.41, 5.74) is 0.507. The minimum Gasteiger partial charge on any atom is -0.491 e. The van der Waals surface area contributed by atoms with Gasteiger partial charge >= 0.3 is 0 Å². The molecular formula is C19H26F2O. The number of ether oxygens (including phenoxy) is 1. The highest BCUT2D eigenvalue weighted by Crippen LogP contribution is 2.43. The van der Waals surface area contributed by atoms with Crippen molar-refractivity contribution in [3.05, 3.63) is 29.3 Å². The first kappa shape index (κ1) is 15.8. The Balaban J connectivity index is 1.58. The molecule has 0 heterocycles. The molecule has 2 fully saturated rings. The van der Waals surface area contributed by atoms with Gasteiger partial charge in [0, 0.05) is 0 Å². The Kier molecular flexibility index (Phi) is 5.00. The molecule has 2 aliphatic carbocycles. The van der Waals surface area contributed by atoms with Gasteiger partial charge in [-0.25, -0.2) is 4.39 Å². The van der Waals surface area contributed by atoms with Crippen LogP contribution in [0.2, 0.25) is 0 Å². The van der Waals surface area contributed by atoms with Crippen LogP contribution in [0.25, 0.3) is 0 Å². The van der Waals surface area contributed by atoms with Crippen molar-refractivity contribution in [3.8, 4) is 5.75 Å². The van der Waals surface area contributed by atoms with Gasteiger partial charge < -0.3 is 4.74 Å². The van der Waals surface area contributed by atoms with Crippen LogP contribution in [-0.4, -0.2) is 6.61 Å². The van der Waals surface area contributed by atoms with Crippen LogP contribution in [0, 0.1) is 29.4 Å². The molecule has 0 aromatic heterocycles. The average Bonchev–Trinajstić information content (AvgIpc) is 2.47. The van der Waals surface area contributed by atoms with Crippen molar-refractivity contribution in [2.75, 3.05) is 6.61 Å². The topological polar surface area (TPSA) is 9.23 Å². The first-order valence-corrected chi connectivity index (χ1v) is 8.78. The molecule has 2 saturated carbocycles. The van der Waals surface area contributed by atoms with E-state index in [-0.39, 0.29) is 5.75 Å². The van der Waals surface area contributed by atoms with E-state index in [1.165, 1.54) is 32.1 Å². The first-order chi connectivity index (χ1) is 10.7. The molecule has 0 amide bonds.